The van der Waals surface area contributed by atoms with Gasteiger partial charge in [0, 0.05) is 12.1 Å². The van der Waals surface area contributed by atoms with Crippen LogP contribution in [0.5, 0.6) is 0 Å². The molecular formula is C7H4O. The fourth-order valence-electron chi connectivity index (χ4n) is 0.400. The summed E-state index contributed by atoms with van der Waals surface area (Å²) in [7, 11) is 0. The minimum atomic E-state index is -0.199. The third-order valence-corrected chi connectivity index (χ3v) is 0.732. The van der Waals surface area contributed by atoms with E-state index in [1.807, 2.05) is 0 Å². The van der Waals surface area contributed by atoms with Crippen molar-refractivity contribution in [3.8, 4) is 0 Å². The van der Waals surface area contributed by atoms with Crippen molar-refractivity contribution in [1.82, 2.24) is 0 Å². The molecular weight excluding hydrogens is 100 g/mol. The van der Waals surface area contributed by atoms with E-state index in [9.17, 15) is 4.79 Å². The highest BCUT2D eigenvalue weighted by Gasteiger charge is 1.72. The van der Waals surface area contributed by atoms with Gasteiger partial charge in [0.2, 0.25) is 0 Å². The second-order valence-electron chi connectivity index (χ2n) is 1.34. The molecule has 0 aliphatic heterocycles. The van der Waals surface area contributed by atoms with E-state index in [1.165, 1.54) is 0 Å². The molecule has 1 aromatic carbocycles. The zero-order chi connectivity index (χ0) is 5.82. The van der Waals surface area contributed by atoms with Gasteiger partial charge in [-0.15, -0.1) is 0 Å². The minimum Gasteiger partial charge on any atom is -0.289 e. The number of hydrogen-bond acceptors (Lipinski definition) is 1. The van der Waals surface area contributed by atoms with E-state index >= 15 is 0 Å². The topological polar surface area (TPSA) is 17.1 Å². The molecule has 0 bridgehead atoms. The summed E-state index contributed by atoms with van der Waals surface area (Å²) in [5.74, 6) is 0. The maximum Gasteiger partial charge on any atom is 0.194 e. The number of rotatable bonds is 0. The van der Waals surface area contributed by atoms with Crippen LogP contribution in [0.3, 0.4) is 0 Å². The first-order chi connectivity index (χ1) is 3.89. The van der Waals surface area contributed by atoms with Crippen molar-refractivity contribution < 1.29 is 0 Å². The van der Waals surface area contributed by atoms with E-state index in [0.29, 0.717) is 0 Å². The van der Waals surface area contributed by atoms with Gasteiger partial charge in [0.25, 0.3) is 0 Å². The lowest BCUT2D eigenvalue weighted by molar-refractivity contribution is 1.64. The van der Waals surface area contributed by atoms with Crippen molar-refractivity contribution in [3.63, 3.8) is 0 Å². The van der Waals surface area contributed by atoms with Gasteiger partial charge in [-0.25, -0.2) is 0 Å². The Labute approximate surface area is 47.6 Å². The largest absolute Gasteiger partial charge is 0.289 e. The van der Waals surface area contributed by atoms with E-state index in [-0.39, 0.29) is 5.43 Å². The average molecular weight is 104 g/mol. The van der Waals surface area contributed by atoms with Crippen LogP contribution in [-0.4, -0.2) is 0 Å². The summed E-state index contributed by atoms with van der Waals surface area (Å²) in [6.45, 7) is 0. The molecule has 0 fully saturated rings. The zero-order valence-corrected chi connectivity index (χ0v) is 4.22. The highest BCUT2D eigenvalue weighted by atomic mass is 16.1. The molecule has 0 spiro atoms. The second kappa shape index (κ2) is 2.26. The SMILES string of the molecule is O=c1[c]cccc[c]1. The van der Waals surface area contributed by atoms with E-state index in [4.69, 9.17) is 0 Å². The van der Waals surface area contributed by atoms with E-state index in [2.05, 4.69) is 12.1 Å². The van der Waals surface area contributed by atoms with Gasteiger partial charge >= 0.3 is 0 Å². The lowest BCUT2D eigenvalue weighted by Crippen LogP contribution is -1.89. The normalized spacial score (nSPS) is 8.50. The van der Waals surface area contributed by atoms with Crippen LogP contribution >= 0.6 is 0 Å². The van der Waals surface area contributed by atoms with E-state index < -0.39 is 0 Å². The molecule has 1 rings (SSSR count). The van der Waals surface area contributed by atoms with Gasteiger partial charge in [-0.2, -0.15) is 0 Å². The highest BCUT2D eigenvalue weighted by molar-refractivity contribution is 4.97. The first-order valence-electron chi connectivity index (χ1n) is 2.28. The average Bonchev–Trinajstić information content (AvgIpc) is 1.94. The smallest absolute Gasteiger partial charge is 0.194 e. The predicted octanol–water partition coefficient (Wildman–Crippen LogP) is 0.647. The highest BCUT2D eigenvalue weighted by Crippen LogP contribution is 1.72. The molecule has 2 radical (unpaired) electrons. The predicted molar refractivity (Wildman–Crippen MR) is 30.4 cm³/mol. The van der Waals surface area contributed by atoms with E-state index in [0.717, 1.165) is 0 Å². The van der Waals surface area contributed by atoms with Crippen molar-refractivity contribution in [1.29, 1.82) is 0 Å². The van der Waals surface area contributed by atoms with Crippen LogP contribution in [0.25, 0.3) is 0 Å². The summed E-state index contributed by atoms with van der Waals surface area (Å²) in [6.07, 6.45) is 0. The van der Waals surface area contributed by atoms with Crippen molar-refractivity contribution in [2.45, 2.75) is 0 Å². The second-order valence-corrected chi connectivity index (χ2v) is 1.34. The lowest BCUT2D eigenvalue weighted by atomic mass is 10.5. The molecule has 0 atom stereocenters. The number of hydrogen-bond donors (Lipinski definition) is 0. The molecule has 0 N–H and O–H groups in total. The Morgan fingerprint density at radius 3 is 2.12 bits per heavy atom. The molecule has 0 aromatic heterocycles. The third-order valence-electron chi connectivity index (χ3n) is 0.732. The summed E-state index contributed by atoms with van der Waals surface area (Å²) in [5.41, 5.74) is -0.199. The summed E-state index contributed by atoms with van der Waals surface area (Å²) in [5, 5.41) is 0. The summed E-state index contributed by atoms with van der Waals surface area (Å²) in [4.78, 5) is 10.4. The zero-order valence-electron chi connectivity index (χ0n) is 4.22. The van der Waals surface area contributed by atoms with Crippen molar-refractivity contribution in [2.24, 2.45) is 0 Å². The molecule has 0 unspecified atom stereocenters. The fourth-order valence-corrected chi connectivity index (χ4v) is 0.400. The van der Waals surface area contributed by atoms with Crippen molar-refractivity contribution >= 4 is 0 Å². The molecule has 8 heavy (non-hydrogen) atoms. The summed E-state index contributed by atoms with van der Waals surface area (Å²) in [6, 6.07) is 11.5. The van der Waals surface area contributed by atoms with E-state index in [1.54, 1.807) is 24.3 Å². The quantitative estimate of drug-likeness (QED) is 0.472. The van der Waals surface area contributed by atoms with Gasteiger partial charge in [0.05, 0.1) is 0 Å². The Morgan fingerprint density at radius 2 is 1.62 bits per heavy atom. The van der Waals surface area contributed by atoms with Crippen molar-refractivity contribution in [3.05, 3.63) is 46.6 Å². The Kier molecular flexibility index (Phi) is 1.42. The molecule has 1 heteroatoms. The Hall–Kier alpha value is -1.11. The molecule has 0 heterocycles. The monoisotopic (exact) mass is 104 g/mol. The maximum absolute atomic E-state index is 10.4. The first kappa shape index (κ1) is 5.04. The Balaban J connectivity index is 3.32. The molecule has 0 saturated heterocycles. The van der Waals surface area contributed by atoms with Crippen LogP contribution in [0.15, 0.2) is 29.1 Å². The Bertz CT molecular complexity index is 195. The molecule has 1 nitrogen and oxygen atoms in total. The van der Waals surface area contributed by atoms with Gasteiger partial charge < -0.3 is 0 Å². The minimum absolute atomic E-state index is 0.199. The van der Waals surface area contributed by atoms with Gasteiger partial charge in [-0.3, -0.25) is 4.79 Å². The lowest BCUT2D eigenvalue weighted by Gasteiger charge is -1.53. The Morgan fingerprint density at radius 1 is 1.12 bits per heavy atom. The maximum atomic E-state index is 10.4. The van der Waals surface area contributed by atoms with Crippen LogP contribution < -0.4 is 5.43 Å². The van der Waals surface area contributed by atoms with Crippen LogP contribution in [0.2, 0.25) is 0 Å². The third kappa shape index (κ3) is 1.19. The fraction of sp³-hybridized carbons (Fsp3) is 0. The molecule has 1 aromatic rings. The van der Waals surface area contributed by atoms with Crippen molar-refractivity contribution in [2.75, 3.05) is 0 Å². The first-order valence-corrected chi connectivity index (χ1v) is 2.28. The summed E-state index contributed by atoms with van der Waals surface area (Å²) < 4.78 is 0. The molecule has 0 aliphatic rings. The molecule has 0 amide bonds. The summed E-state index contributed by atoms with van der Waals surface area (Å²) >= 11 is 0. The van der Waals surface area contributed by atoms with Crippen LogP contribution in [0, 0.1) is 12.1 Å². The van der Waals surface area contributed by atoms with Gasteiger partial charge in [0.1, 0.15) is 0 Å². The van der Waals surface area contributed by atoms with Crippen LogP contribution in [0.4, 0.5) is 0 Å². The van der Waals surface area contributed by atoms with Gasteiger partial charge in [0.15, 0.2) is 5.43 Å². The van der Waals surface area contributed by atoms with Gasteiger partial charge in [-0.1, -0.05) is 24.3 Å². The standard InChI is InChI=1S/C7H4O/c8-7-5-3-1-2-4-6-7/h1-4H. The molecule has 0 saturated carbocycles. The molecule has 38 valence electrons. The van der Waals surface area contributed by atoms with Gasteiger partial charge in [-0.05, 0) is 0 Å². The van der Waals surface area contributed by atoms with Crippen LogP contribution in [-0.2, 0) is 0 Å². The molecule has 0 aliphatic carbocycles. The van der Waals surface area contributed by atoms with Crippen LogP contribution in [0.1, 0.15) is 0 Å².